The van der Waals surface area contributed by atoms with Crippen molar-refractivity contribution in [2.24, 2.45) is 11.8 Å². The molecule has 10 nitrogen and oxygen atoms in total. The zero-order valence-electron chi connectivity index (χ0n) is 19.6. The molecule has 2 aliphatic heterocycles. The fourth-order valence-electron chi connectivity index (χ4n) is 4.80. The molecule has 10 heteroatoms. The molecule has 1 aromatic heterocycles. The van der Waals surface area contributed by atoms with Gasteiger partial charge in [-0.3, -0.25) is 4.79 Å². The molecule has 1 N–H and O–H groups in total. The minimum absolute atomic E-state index is 0.0306. The SMILES string of the molecule is CC(C)Oc1cc(C#N)ccc1COC(=O)N1C[C@@H]2CN(C(=O)c3ccc4n[nH]nc4c3)C[C@H]2C1. The van der Waals surface area contributed by atoms with Crippen molar-refractivity contribution < 1.29 is 19.1 Å². The van der Waals surface area contributed by atoms with Crippen LogP contribution in [0.25, 0.3) is 11.0 Å². The molecule has 180 valence electrons. The first-order chi connectivity index (χ1) is 16.9. The molecule has 2 saturated heterocycles. The van der Waals surface area contributed by atoms with Crippen LogP contribution in [0.2, 0.25) is 0 Å². The lowest BCUT2D eigenvalue weighted by Crippen LogP contribution is -2.35. The van der Waals surface area contributed by atoms with Gasteiger partial charge in [-0.25, -0.2) is 4.79 Å². The molecule has 0 unspecified atom stereocenters. The van der Waals surface area contributed by atoms with Crippen LogP contribution >= 0.6 is 0 Å². The number of amides is 2. The van der Waals surface area contributed by atoms with Crippen molar-refractivity contribution in [3.8, 4) is 11.8 Å². The Morgan fingerprint density at radius 2 is 1.77 bits per heavy atom. The number of nitriles is 1. The number of hydrogen-bond donors (Lipinski definition) is 1. The summed E-state index contributed by atoms with van der Waals surface area (Å²) in [6.07, 6.45) is -0.450. The van der Waals surface area contributed by atoms with E-state index in [0.717, 1.165) is 5.52 Å². The van der Waals surface area contributed by atoms with E-state index in [1.54, 1.807) is 41.3 Å². The maximum absolute atomic E-state index is 13.0. The number of benzene rings is 2. The third kappa shape index (κ3) is 4.62. The van der Waals surface area contributed by atoms with Crippen LogP contribution in [0.4, 0.5) is 4.79 Å². The molecule has 0 spiro atoms. The summed E-state index contributed by atoms with van der Waals surface area (Å²) >= 11 is 0. The van der Waals surface area contributed by atoms with Crippen molar-refractivity contribution in [3.05, 3.63) is 53.1 Å². The average Bonchev–Trinajstić information content (AvgIpc) is 3.56. The summed E-state index contributed by atoms with van der Waals surface area (Å²) in [7, 11) is 0. The van der Waals surface area contributed by atoms with Gasteiger partial charge in [0.1, 0.15) is 23.4 Å². The lowest BCUT2D eigenvalue weighted by atomic mass is 10.0. The number of carbonyl (C=O) groups is 2. The Kier molecular flexibility index (Phi) is 5.99. The van der Waals surface area contributed by atoms with Gasteiger partial charge in [-0.2, -0.15) is 20.7 Å². The Hall–Kier alpha value is -4.13. The summed E-state index contributed by atoms with van der Waals surface area (Å²) in [5, 5.41) is 19.8. The predicted molar refractivity (Wildman–Crippen MR) is 125 cm³/mol. The molecule has 2 atom stereocenters. The van der Waals surface area contributed by atoms with Crippen LogP contribution in [0.3, 0.4) is 0 Å². The summed E-state index contributed by atoms with van der Waals surface area (Å²) in [5.41, 5.74) is 3.17. The molecule has 0 saturated carbocycles. The highest BCUT2D eigenvalue weighted by molar-refractivity contribution is 5.97. The number of nitrogens with zero attached hydrogens (tertiary/aromatic N) is 5. The van der Waals surface area contributed by atoms with Crippen molar-refractivity contribution in [1.29, 1.82) is 5.26 Å². The summed E-state index contributed by atoms with van der Waals surface area (Å²) in [6, 6.07) is 12.5. The fourth-order valence-corrected chi connectivity index (χ4v) is 4.80. The van der Waals surface area contributed by atoms with Gasteiger partial charge in [0.2, 0.25) is 0 Å². The summed E-state index contributed by atoms with van der Waals surface area (Å²) in [4.78, 5) is 29.3. The van der Waals surface area contributed by atoms with Gasteiger partial charge in [-0.05, 0) is 44.2 Å². The maximum Gasteiger partial charge on any atom is 0.410 e. The number of nitrogens with one attached hydrogen (secondary N) is 1. The number of likely N-dealkylation sites (tertiary alicyclic amines) is 2. The first kappa shape index (κ1) is 22.7. The fraction of sp³-hybridized carbons (Fsp3) is 0.400. The molecule has 5 rings (SSSR count). The van der Waals surface area contributed by atoms with Crippen molar-refractivity contribution in [2.75, 3.05) is 26.2 Å². The number of aromatic nitrogens is 3. The van der Waals surface area contributed by atoms with Crippen LogP contribution in [-0.2, 0) is 11.3 Å². The largest absolute Gasteiger partial charge is 0.491 e. The summed E-state index contributed by atoms with van der Waals surface area (Å²) < 4.78 is 11.4. The molecule has 2 aliphatic rings. The number of aromatic amines is 1. The van der Waals surface area contributed by atoms with Gasteiger partial charge in [-0.15, -0.1) is 0 Å². The Balaban J connectivity index is 1.16. The highest BCUT2D eigenvalue weighted by atomic mass is 16.6. The highest BCUT2D eigenvalue weighted by Gasteiger charge is 2.43. The number of fused-ring (bicyclic) bond motifs is 2. The quantitative estimate of drug-likeness (QED) is 0.603. The molecular formula is C25H26N6O4. The van der Waals surface area contributed by atoms with Crippen molar-refractivity contribution in [1.82, 2.24) is 25.2 Å². The molecule has 0 aliphatic carbocycles. The van der Waals surface area contributed by atoms with Gasteiger partial charge >= 0.3 is 6.09 Å². The molecule has 0 radical (unpaired) electrons. The van der Waals surface area contributed by atoms with Crippen LogP contribution in [0.15, 0.2) is 36.4 Å². The second kappa shape index (κ2) is 9.25. The number of hydrogen-bond acceptors (Lipinski definition) is 7. The Bertz CT molecular complexity index is 1300. The van der Waals surface area contributed by atoms with Crippen LogP contribution in [-0.4, -0.2) is 69.5 Å². The lowest BCUT2D eigenvalue weighted by molar-refractivity contribution is 0.0764. The minimum atomic E-state index is -0.381. The van der Waals surface area contributed by atoms with Crippen molar-refractivity contribution >= 4 is 23.0 Å². The monoisotopic (exact) mass is 474 g/mol. The number of H-pyrrole nitrogens is 1. The summed E-state index contributed by atoms with van der Waals surface area (Å²) in [5.74, 6) is 0.953. The Morgan fingerprint density at radius 1 is 1.06 bits per heavy atom. The number of carbonyl (C=O) groups excluding carboxylic acids is 2. The van der Waals surface area contributed by atoms with Gasteiger partial charge in [0.15, 0.2) is 0 Å². The first-order valence-electron chi connectivity index (χ1n) is 11.6. The normalized spacial score (nSPS) is 19.1. The van der Waals surface area contributed by atoms with E-state index >= 15 is 0 Å². The van der Waals surface area contributed by atoms with Crippen LogP contribution < -0.4 is 4.74 Å². The molecule has 2 aromatic carbocycles. The first-order valence-corrected chi connectivity index (χ1v) is 11.6. The maximum atomic E-state index is 13.0. The Labute approximate surface area is 202 Å². The number of ether oxygens (including phenoxy) is 2. The van der Waals surface area contributed by atoms with E-state index in [1.165, 1.54) is 0 Å². The third-order valence-electron chi connectivity index (χ3n) is 6.51. The molecule has 2 fully saturated rings. The molecular weight excluding hydrogens is 448 g/mol. The smallest absolute Gasteiger partial charge is 0.410 e. The average molecular weight is 475 g/mol. The van der Waals surface area contributed by atoms with Crippen molar-refractivity contribution in [3.63, 3.8) is 0 Å². The van der Waals surface area contributed by atoms with E-state index in [-0.39, 0.29) is 36.5 Å². The lowest BCUT2D eigenvalue weighted by Gasteiger charge is -2.22. The number of rotatable bonds is 5. The van der Waals surface area contributed by atoms with Gasteiger partial charge in [0.25, 0.3) is 5.91 Å². The van der Waals surface area contributed by atoms with E-state index in [4.69, 9.17) is 14.7 Å². The van der Waals surface area contributed by atoms with E-state index in [9.17, 15) is 9.59 Å². The van der Waals surface area contributed by atoms with Gasteiger partial charge < -0.3 is 19.3 Å². The van der Waals surface area contributed by atoms with Crippen molar-refractivity contribution in [2.45, 2.75) is 26.6 Å². The van der Waals surface area contributed by atoms with E-state index < -0.39 is 0 Å². The van der Waals surface area contributed by atoms with Crippen LogP contribution in [0.1, 0.15) is 35.3 Å². The standard InChI is InChI=1S/C25H26N6O4/c1-15(2)35-23-7-16(9-26)3-4-18(23)14-34-25(33)31-12-19-10-30(11-20(19)13-31)24(32)17-5-6-21-22(8-17)28-29-27-21/h3-8,15,19-20H,10-14H2,1-2H3,(H,27,28,29)/t19-,20-/m0/s1. The van der Waals surface area contributed by atoms with Gasteiger partial charge in [0.05, 0.1) is 17.7 Å². The van der Waals surface area contributed by atoms with E-state index in [1.807, 2.05) is 18.7 Å². The zero-order chi connectivity index (χ0) is 24.5. The second-order valence-corrected chi connectivity index (χ2v) is 9.32. The molecule has 35 heavy (non-hydrogen) atoms. The van der Waals surface area contributed by atoms with Crippen LogP contribution in [0, 0.1) is 23.2 Å². The van der Waals surface area contributed by atoms with E-state index in [2.05, 4.69) is 21.5 Å². The molecule has 3 heterocycles. The topological polar surface area (TPSA) is 124 Å². The van der Waals surface area contributed by atoms with Gasteiger partial charge in [-0.1, -0.05) is 6.07 Å². The third-order valence-corrected chi connectivity index (χ3v) is 6.51. The zero-order valence-corrected chi connectivity index (χ0v) is 19.6. The molecule has 0 bridgehead atoms. The minimum Gasteiger partial charge on any atom is -0.491 e. The Morgan fingerprint density at radius 3 is 2.49 bits per heavy atom. The predicted octanol–water partition coefficient (Wildman–Crippen LogP) is 2.96. The van der Waals surface area contributed by atoms with Crippen LogP contribution in [0.5, 0.6) is 5.75 Å². The highest BCUT2D eigenvalue weighted by Crippen LogP contribution is 2.33. The van der Waals surface area contributed by atoms with E-state index in [0.29, 0.717) is 54.1 Å². The molecule has 3 aromatic rings. The second-order valence-electron chi connectivity index (χ2n) is 9.32. The molecule has 2 amide bonds. The summed E-state index contributed by atoms with van der Waals surface area (Å²) in [6.45, 7) is 6.18. The van der Waals surface area contributed by atoms with Gasteiger partial charge in [0, 0.05) is 49.1 Å².